The van der Waals surface area contributed by atoms with Gasteiger partial charge in [0.1, 0.15) is 0 Å². The Hall–Kier alpha value is -0.120. The van der Waals surface area contributed by atoms with Crippen LogP contribution in [0.25, 0.3) is 0 Å². The molecule has 3 heteroatoms. The third-order valence-corrected chi connectivity index (χ3v) is 3.56. The Morgan fingerprint density at radius 2 is 2.06 bits per heavy atom. The molecule has 108 valence electrons. The molecule has 0 heterocycles. The number of nitrogens with one attached hydrogen (secondary N) is 1. The molecule has 1 saturated carbocycles. The van der Waals surface area contributed by atoms with Crippen molar-refractivity contribution in [1.82, 2.24) is 5.32 Å². The zero-order valence-electron chi connectivity index (χ0n) is 12.8. The highest BCUT2D eigenvalue weighted by Crippen LogP contribution is 2.34. The molecule has 3 nitrogen and oxygen atoms in total. The van der Waals surface area contributed by atoms with Crippen LogP contribution in [0.1, 0.15) is 60.3 Å². The average molecular weight is 257 g/mol. The number of rotatable bonds is 5. The maximum atomic E-state index is 9.89. The Labute approximate surface area is 112 Å². The van der Waals surface area contributed by atoms with Gasteiger partial charge in [-0.05, 0) is 45.4 Å². The Balaban J connectivity index is 2.20. The van der Waals surface area contributed by atoms with Gasteiger partial charge in [0.2, 0.25) is 0 Å². The number of hydrogen-bond acceptors (Lipinski definition) is 3. The topological polar surface area (TPSA) is 41.5 Å². The molecule has 2 N–H and O–H groups in total. The minimum absolute atomic E-state index is 0.173. The van der Waals surface area contributed by atoms with Gasteiger partial charge in [-0.3, -0.25) is 0 Å². The summed E-state index contributed by atoms with van der Waals surface area (Å²) >= 11 is 0. The normalized spacial score (nSPS) is 26.0. The van der Waals surface area contributed by atoms with Crippen molar-refractivity contribution < 1.29 is 9.84 Å². The highest BCUT2D eigenvalue weighted by molar-refractivity contribution is 4.83. The van der Waals surface area contributed by atoms with Gasteiger partial charge in [0, 0.05) is 12.6 Å². The van der Waals surface area contributed by atoms with E-state index in [0.717, 1.165) is 0 Å². The van der Waals surface area contributed by atoms with Crippen molar-refractivity contribution in [1.29, 1.82) is 0 Å². The summed E-state index contributed by atoms with van der Waals surface area (Å²) < 4.78 is 5.58. The monoisotopic (exact) mass is 257 g/mol. The van der Waals surface area contributed by atoms with Gasteiger partial charge in [0.15, 0.2) is 0 Å². The first-order valence-electron chi connectivity index (χ1n) is 7.23. The third kappa shape index (κ3) is 6.72. The lowest BCUT2D eigenvalue weighted by molar-refractivity contribution is -0.0488. The lowest BCUT2D eigenvalue weighted by atomic mass is 9.75. The van der Waals surface area contributed by atoms with Crippen molar-refractivity contribution in [2.45, 2.75) is 78.0 Å². The van der Waals surface area contributed by atoms with Gasteiger partial charge < -0.3 is 15.2 Å². The second kappa shape index (κ2) is 6.36. The summed E-state index contributed by atoms with van der Waals surface area (Å²) in [5.74, 6) is 0. The molecule has 0 aromatic heterocycles. The van der Waals surface area contributed by atoms with Crippen molar-refractivity contribution in [2.24, 2.45) is 5.41 Å². The number of hydrogen-bond donors (Lipinski definition) is 2. The molecule has 0 aromatic rings. The van der Waals surface area contributed by atoms with Gasteiger partial charge >= 0.3 is 0 Å². The fourth-order valence-corrected chi connectivity index (χ4v) is 2.58. The molecule has 0 bridgehead atoms. The fourth-order valence-electron chi connectivity index (χ4n) is 2.58. The number of ether oxygens (including phenoxy) is 1. The van der Waals surface area contributed by atoms with E-state index in [4.69, 9.17) is 4.74 Å². The smallest absolute Gasteiger partial charge is 0.0898 e. The molecule has 0 radical (unpaired) electrons. The molecule has 0 saturated heterocycles. The van der Waals surface area contributed by atoms with Crippen molar-refractivity contribution in [3.05, 3.63) is 0 Å². The first kappa shape index (κ1) is 15.9. The molecule has 1 rings (SSSR count). The zero-order chi connectivity index (χ0) is 13.8. The molecule has 0 spiro atoms. The summed E-state index contributed by atoms with van der Waals surface area (Å²) in [6, 6.07) is 0.554. The van der Waals surface area contributed by atoms with Crippen LogP contribution in [0.2, 0.25) is 0 Å². The van der Waals surface area contributed by atoms with Crippen LogP contribution in [0.5, 0.6) is 0 Å². The van der Waals surface area contributed by atoms with Crippen LogP contribution in [0.3, 0.4) is 0 Å². The van der Waals surface area contributed by atoms with Gasteiger partial charge in [0.25, 0.3) is 0 Å². The number of aliphatic hydroxyl groups excluding tert-OH is 1. The minimum Gasteiger partial charge on any atom is -0.389 e. The Morgan fingerprint density at radius 1 is 1.39 bits per heavy atom. The van der Waals surface area contributed by atoms with E-state index in [0.29, 0.717) is 24.6 Å². The highest BCUT2D eigenvalue weighted by atomic mass is 16.5. The molecule has 2 atom stereocenters. The van der Waals surface area contributed by atoms with Crippen LogP contribution in [-0.2, 0) is 4.74 Å². The SMILES string of the molecule is CC1(C)CCCC(NCC(O)COC(C)(C)C)C1. The minimum atomic E-state index is -0.408. The summed E-state index contributed by atoms with van der Waals surface area (Å²) in [4.78, 5) is 0. The van der Waals surface area contributed by atoms with Gasteiger partial charge in [-0.2, -0.15) is 0 Å². The first-order chi connectivity index (χ1) is 8.18. The Bertz CT molecular complexity index is 245. The predicted octanol–water partition coefficient (Wildman–Crippen LogP) is 2.72. The van der Waals surface area contributed by atoms with Crippen LogP contribution in [-0.4, -0.2) is 36.0 Å². The maximum Gasteiger partial charge on any atom is 0.0898 e. The molecule has 1 aliphatic carbocycles. The highest BCUT2D eigenvalue weighted by Gasteiger charge is 2.27. The van der Waals surface area contributed by atoms with Crippen molar-refractivity contribution in [2.75, 3.05) is 13.2 Å². The fraction of sp³-hybridized carbons (Fsp3) is 1.00. The third-order valence-electron chi connectivity index (χ3n) is 3.56. The average Bonchev–Trinajstić information content (AvgIpc) is 2.21. The van der Waals surface area contributed by atoms with E-state index in [1.54, 1.807) is 0 Å². The van der Waals surface area contributed by atoms with Crippen LogP contribution in [0.15, 0.2) is 0 Å². The maximum absolute atomic E-state index is 9.89. The first-order valence-corrected chi connectivity index (χ1v) is 7.23. The largest absolute Gasteiger partial charge is 0.389 e. The summed E-state index contributed by atoms with van der Waals surface area (Å²) in [6.45, 7) is 11.7. The lowest BCUT2D eigenvalue weighted by Crippen LogP contribution is -2.42. The summed E-state index contributed by atoms with van der Waals surface area (Å²) in [5, 5.41) is 13.4. The quantitative estimate of drug-likeness (QED) is 0.795. The molecule has 0 amide bonds. The predicted molar refractivity (Wildman–Crippen MR) is 75.8 cm³/mol. The second-order valence-electron chi connectivity index (χ2n) is 7.44. The van der Waals surface area contributed by atoms with Gasteiger partial charge in [0.05, 0.1) is 18.3 Å². The van der Waals surface area contributed by atoms with E-state index >= 15 is 0 Å². The Kier molecular flexibility index (Phi) is 5.63. The molecule has 0 aromatic carbocycles. The molecule has 1 fully saturated rings. The molecular weight excluding hydrogens is 226 g/mol. The van der Waals surface area contributed by atoms with E-state index < -0.39 is 6.10 Å². The van der Waals surface area contributed by atoms with Gasteiger partial charge in [-0.25, -0.2) is 0 Å². The van der Waals surface area contributed by atoms with Crippen LogP contribution in [0.4, 0.5) is 0 Å². The lowest BCUT2D eigenvalue weighted by Gasteiger charge is -2.36. The standard InChI is InChI=1S/C15H31NO2/c1-14(2,3)18-11-13(17)10-16-12-7-6-8-15(4,5)9-12/h12-13,16-17H,6-11H2,1-5H3. The van der Waals surface area contributed by atoms with Crippen molar-refractivity contribution in [3.8, 4) is 0 Å². The zero-order valence-corrected chi connectivity index (χ0v) is 12.8. The van der Waals surface area contributed by atoms with E-state index in [-0.39, 0.29) is 5.60 Å². The molecule has 18 heavy (non-hydrogen) atoms. The van der Waals surface area contributed by atoms with Crippen LogP contribution < -0.4 is 5.32 Å². The molecule has 0 aliphatic heterocycles. The van der Waals surface area contributed by atoms with Crippen LogP contribution in [0, 0.1) is 5.41 Å². The summed E-state index contributed by atoms with van der Waals surface area (Å²) in [6.07, 6.45) is 4.64. The van der Waals surface area contributed by atoms with Crippen molar-refractivity contribution >= 4 is 0 Å². The van der Waals surface area contributed by atoms with Gasteiger partial charge in [-0.1, -0.05) is 20.3 Å². The van der Waals surface area contributed by atoms with E-state index in [2.05, 4.69) is 19.2 Å². The summed E-state index contributed by atoms with van der Waals surface area (Å²) in [7, 11) is 0. The van der Waals surface area contributed by atoms with Crippen molar-refractivity contribution in [3.63, 3.8) is 0 Å². The van der Waals surface area contributed by atoms with E-state index in [1.165, 1.54) is 25.7 Å². The van der Waals surface area contributed by atoms with E-state index in [9.17, 15) is 5.11 Å². The number of aliphatic hydroxyl groups is 1. The van der Waals surface area contributed by atoms with E-state index in [1.807, 2.05) is 20.8 Å². The second-order valence-corrected chi connectivity index (χ2v) is 7.44. The molecule has 1 aliphatic rings. The molecule has 2 unspecified atom stereocenters. The Morgan fingerprint density at radius 3 is 2.61 bits per heavy atom. The molecular formula is C15H31NO2. The van der Waals surface area contributed by atoms with Gasteiger partial charge in [-0.15, -0.1) is 0 Å². The summed E-state index contributed by atoms with van der Waals surface area (Å²) in [5.41, 5.74) is 0.274. The van der Waals surface area contributed by atoms with Crippen LogP contribution >= 0.6 is 0 Å².